The zero-order chi connectivity index (χ0) is 17.4. The molecule has 1 amide bonds. The van der Waals surface area contributed by atoms with Crippen molar-refractivity contribution in [2.75, 3.05) is 32.8 Å². The normalized spacial score (nSPS) is 29.3. The monoisotopic (exact) mass is 342 g/mol. The number of ether oxygens (including phenoxy) is 1. The van der Waals surface area contributed by atoms with Gasteiger partial charge in [0.2, 0.25) is 5.91 Å². The molecular weight excluding hydrogens is 316 g/mol. The summed E-state index contributed by atoms with van der Waals surface area (Å²) in [5.74, 6) is 0.340. The Hall–Kier alpha value is -1.88. The fourth-order valence-electron chi connectivity index (χ4n) is 4.41. The van der Waals surface area contributed by atoms with Crippen molar-refractivity contribution in [3.05, 3.63) is 35.9 Å². The summed E-state index contributed by atoms with van der Waals surface area (Å²) in [6.07, 6.45) is 2.05. The van der Waals surface area contributed by atoms with Crippen molar-refractivity contribution < 1.29 is 14.3 Å². The van der Waals surface area contributed by atoms with Crippen LogP contribution in [0.2, 0.25) is 0 Å². The van der Waals surface area contributed by atoms with Crippen LogP contribution in [0.5, 0.6) is 0 Å². The molecule has 4 rings (SSSR count). The molecule has 0 radical (unpaired) electrons. The number of carbonyl (C=O) groups excluding carboxylic acids is 2. The Labute approximate surface area is 148 Å². The lowest BCUT2D eigenvalue weighted by Gasteiger charge is -2.39. The van der Waals surface area contributed by atoms with Gasteiger partial charge in [-0.25, -0.2) is 0 Å². The third-order valence-electron chi connectivity index (χ3n) is 5.84. The molecule has 0 bridgehead atoms. The largest absolute Gasteiger partial charge is 0.466 e. The molecule has 1 aliphatic carbocycles. The summed E-state index contributed by atoms with van der Waals surface area (Å²) in [6, 6.07) is 10.3. The number of amides is 1. The van der Waals surface area contributed by atoms with Gasteiger partial charge in [-0.05, 0) is 25.3 Å². The van der Waals surface area contributed by atoms with Crippen LogP contribution in [0.4, 0.5) is 0 Å². The number of esters is 1. The van der Waals surface area contributed by atoms with Gasteiger partial charge in [-0.1, -0.05) is 30.3 Å². The Kier molecular flexibility index (Phi) is 4.50. The summed E-state index contributed by atoms with van der Waals surface area (Å²) < 4.78 is 5.41. The van der Waals surface area contributed by atoms with Gasteiger partial charge in [0.15, 0.2) is 0 Å². The average Bonchev–Trinajstić information content (AvgIpc) is 3.41. The highest BCUT2D eigenvalue weighted by molar-refractivity contribution is 5.81. The number of carbonyl (C=O) groups is 2. The van der Waals surface area contributed by atoms with Gasteiger partial charge in [-0.3, -0.25) is 14.5 Å². The van der Waals surface area contributed by atoms with Crippen LogP contribution in [-0.4, -0.2) is 60.5 Å². The quantitative estimate of drug-likeness (QED) is 0.784. The SMILES string of the molecule is CCOC(=O)[C@@H]1[C@@H](c2ccccc2)CN2CCN(C(=O)C3CC3)C[C@H]12. The molecule has 3 atom stereocenters. The zero-order valence-corrected chi connectivity index (χ0v) is 14.8. The van der Waals surface area contributed by atoms with E-state index in [9.17, 15) is 9.59 Å². The summed E-state index contributed by atoms with van der Waals surface area (Å²) in [5, 5.41) is 0. The lowest BCUT2D eigenvalue weighted by atomic mass is 9.85. The fraction of sp³-hybridized carbons (Fsp3) is 0.600. The van der Waals surface area contributed by atoms with Crippen molar-refractivity contribution in [2.24, 2.45) is 11.8 Å². The van der Waals surface area contributed by atoms with E-state index in [1.165, 1.54) is 5.56 Å². The number of hydrogen-bond acceptors (Lipinski definition) is 4. The number of fused-ring (bicyclic) bond motifs is 1. The maximum absolute atomic E-state index is 12.8. The molecule has 1 aromatic carbocycles. The Morgan fingerprint density at radius 2 is 1.88 bits per heavy atom. The topological polar surface area (TPSA) is 49.9 Å². The summed E-state index contributed by atoms with van der Waals surface area (Å²) in [4.78, 5) is 29.6. The van der Waals surface area contributed by atoms with E-state index in [1.54, 1.807) is 0 Å². The summed E-state index contributed by atoms with van der Waals surface area (Å²) in [5.41, 5.74) is 1.19. The van der Waals surface area contributed by atoms with Crippen molar-refractivity contribution in [3.8, 4) is 0 Å². The molecule has 2 aliphatic heterocycles. The van der Waals surface area contributed by atoms with Crippen LogP contribution >= 0.6 is 0 Å². The number of rotatable bonds is 4. The van der Waals surface area contributed by atoms with Crippen LogP contribution < -0.4 is 0 Å². The molecule has 5 heteroatoms. The smallest absolute Gasteiger partial charge is 0.311 e. The second kappa shape index (κ2) is 6.79. The molecule has 3 aliphatic rings. The molecule has 0 spiro atoms. The van der Waals surface area contributed by atoms with E-state index in [4.69, 9.17) is 4.74 Å². The van der Waals surface area contributed by atoms with E-state index in [-0.39, 0.29) is 35.7 Å². The molecule has 25 heavy (non-hydrogen) atoms. The molecule has 1 saturated carbocycles. The molecule has 2 saturated heterocycles. The van der Waals surface area contributed by atoms with Gasteiger partial charge < -0.3 is 9.64 Å². The van der Waals surface area contributed by atoms with Gasteiger partial charge in [0, 0.05) is 44.1 Å². The Balaban J connectivity index is 1.58. The first kappa shape index (κ1) is 16.6. The minimum atomic E-state index is -0.197. The predicted octanol–water partition coefficient (Wildman–Crippen LogP) is 1.89. The lowest BCUT2D eigenvalue weighted by Crippen LogP contribution is -2.55. The van der Waals surface area contributed by atoms with Crippen molar-refractivity contribution in [2.45, 2.75) is 31.7 Å². The van der Waals surface area contributed by atoms with Gasteiger partial charge in [0.1, 0.15) is 0 Å². The van der Waals surface area contributed by atoms with Crippen LogP contribution in [0.15, 0.2) is 30.3 Å². The van der Waals surface area contributed by atoms with Crippen molar-refractivity contribution >= 4 is 11.9 Å². The molecule has 0 aromatic heterocycles. The van der Waals surface area contributed by atoms with Crippen LogP contribution in [0.1, 0.15) is 31.2 Å². The Morgan fingerprint density at radius 3 is 2.56 bits per heavy atom. The number of benzene rings is 1. The van der Waals surface area contributed by atoms with Gasteiger partial charge >= 0.3 is 5.97 Å². The van der Waals surface area contributed by atoms with Crippen LogP contribution in [0, 0.1) is 11.8 Å². The second-order valence-electron chi connectivity index (χ2n) is 7.42. The van der Waals surface area contributed by atoms with Crippen LogP contribution in [0.25, 0.3) is 0 Å². The van der Waals surface area contributed by atoms with E-state index < -0.39 is 0 Å². The van der Waals surface area contributed by atoms with Crippen molar-refractivity contribution in [1.82, 2.24) is 9.80 Å². The summed E-state index contributed by atoms with van der Waals surface area (Å²) in [6.45, 7) is 5.40. The highest BCUT2D eigenvalue weighted by Crippen LogP contribution is 2.40. The third kappa shape index (κ3) is 3.17. The van der Waals surface area contributed by atoms with Gasteiger partial charge in [0.25, 0.3) is 0 Å². The molecule has 2 heterocycles. The number of piperazine rings is 1. The second-order valence-corrected chi connectivity index (χ2v) is 7.42. The minimum absolute atomic E-state index is 0.0701. The van der Waals surface area contributed by atoms with Gasteiger partial charge in [-0.15, -0.1) is 0 Å². The molecule has 3 fully saturated rings. The van der Waals surface area contributed by atoms with E-state index in [0.29, 0.717) is 13.2 Å². The van der Waals surface area contributed by atoms with Crippen molar-refractivity contribution in [1.29, 1.82) is 0 Å². The Morgan fingerprint density at radius 1 is 1.12 bits per heavy atom. The van der Waals surface area contributed by atoms with E-state index in [2.05, 4.69) is 17.0 Å². The van der Waals surface area contributed by atoms with E-state index in [0.717, 1.165) is 32.5 Å². The van der Waals surface area contributed by atoms with E-state index >= 15 is 0 Å². The predicted molar refractivity (Wildman–Crippen MR) is 94.0 cm³/mol. The number of nitrogens with zero attached hydrogens (tertiary/aromatic N) is 2. The molecule has 1 aromatic rings. The minimum Gasteiger partial charge on any atom is -0.466 e. The van der Waals surface area contributed by atoms with Gasteiger partial charge in [-0.2, -0.15) is 0 Å². The maximum atomic E-state index is 12.8. The van der Waals surface area contributed by atoms with Crippen molar-refractivity contribution in [3.63, 3.8) is 0 Å². The standard InChI is InChI=1S/C20H26N2O3/c1-2-25-20(24)18-16(14-6-4-3-5-7-14)12-21-10-11-22(13-17(18)21)19(23)15-8-9-15/h3-7,15-18H,2,8-13H2,1H3/t16-,17-,18-/m1/s1. The van der Waals surface area contributed by atoms with Crippen LogP contribution in [-0.2, 0) is 14.3 Å². The average molecular weight is 342 g/mol. The van der Waals surface area contributed by atoms with Gasteiger partial charge in [0.05, 0.1) is 12.5 Å². The summed E-state index contributed by atoms with van der Waals surface area (Å²) in [7, 11) is 0. The molecular formula is C20H26N2O3. The first-order valence-electron chi connectivity index (χ1n) is 9.43. The molecule has 134 valence electrons. The Bertz CT molecular complexity index is 644. The van der Waals surface area contributed by atoms with E-state index in [1.807, 2.05) is 30.0 Å². The molecule has 0 unspecified atom stereocenters. The summed E-state index contributed by atoms with van der Waals surface area (Å²) >= 11 is 0. The van der Waals surface area contributed by atoms with Crippen LogP contribution in [0.3, 0.4) is 0 Å². The number of hydrogen-bond donors (Lipinski definition) is 0. The highest BCUT2D eigenvalue weighted by atomic mass is 16.5. The molecule has 5 nitrogen and oxygen atoms in total. The highest BCUT2D eigenvalue weighted by Gasteiger charge is 2.50. The molecule has 0 N–H and O–H groups in total. The zero-order valence-electron chi connectivity index (χ0n) is 14.8. The maximum Gasteiger partial charge on any atom is 0.311 e. The first-order valence-corrected chi connectivity index (χ1v) is 9.43. The third-order valence-corrected chi connectivity index (χ3v) is 5.84. The first-order chi connectivity index (χ1) is 12.2. The fourth-order valence-corrected chi connectivity index (χ4v) is 4.41. The lowest BCUT2D eigenvalue weighted by molar-refractivity contribution is -0.151.